The van der Waals surface area contributed by atoms with Gasteiger partial charge in [0.15, 0.2) is 5.82 Å². The van der Waals surface area contributed by atoms with Gasteiger partial charge in [-0.05, 0) is 73.9 Å². The molecule has 1 aliphatic heterocycles. The first-order valence-corrected chi connectivity index (χ1v) is 13.7. The van der Waals surface area contributed by atoms with Gasteiger partial charge in [0.1, 0.15) is 5.75 Å². The van der Waals surface area contributed by atoms with Gasteiger partial charge in [-0.1, -0.05) is 18.6 Å². The number of fused-ring (bicyclic) bond motifs is 1. The van der Waals surface area contributed by atoms with Gasteiger partial charge in [-0.2, -0.15) is 0 Å². The van der Waals surface area contributed by atoms with Crippen molar-refractivity contribution in [1.82, 2.24) is 19.4 Å². The molecule has 4 aromatic rings. The van der Waals surface area contributed by atoms with Gasteiger partial charge >= 0.3 is 0 Å². The quantitative estimate of drug-likeness (QED) is 0.283. The minimum atomic E-state index is 0. The van der Waals surface area contributed by atoms with Gasteiger partial charge < -0.3 is 19.2 Å². The van der Waals surface area contributed by atoms with Crippen LogP contribution in [-0.2, 0) is 20.0 Å². The molecule has 2 aliphatic rings. The lowest BCUT2D eigenvalue weighted by atomic mass is 9.83. The third kappa shape index (κ3) is 5.16. The van der Waals surface area contributed by atoms with E-state index in [9.17, 15) is 0 Å². The van der Waals surface area contributed by atoms with Crippen LogP contribution in [0.1, 0.15) is 49.3 Å². The van der Waals surface area contributed by atoms with E-state index in [0.717, 1.165) is 50.7 Å². The minimum absolute atomic E-state index is 0. The topological polar surface area (TPSA) is 44.0 Å². The van der Waals surface area contributed by atoms with Crippen LogP contribution in [0, 0.1) is 5.92 Å². The number of aryl methyl sites for hydroxylation is 3. The zero-order valence-corrected chi connectivity index (χ0v) is 22.0. The summed E-state index contributed by atoms with van der Waals surface area (Å²) in [5.41, 5.74) is 5.18. The van der Waals surface area contributed by atoms with Crippen molar-refractivity contribution in [2.24, 2.45) is 13.0 Å². The van der Waals surface area contributed by atoms with Gasteiger partial charge in [0.05, 0.1) is 28.2 Å². The van der Waals surface area contributed by atoms with Crippen molar-refractivity contribution >= 4 is 34.0 Å². The lowest BCUT2D eigenvalue weighted by molar-refractivity contribution is 0.260. The number of hydrogen-bond acceptors (Lipinski definition) is 4. The fraction of sp³-hybridized carbons (Fsp3) is 0.464. The molecule has 186 valence electrons. The lowest BCUT2D eigenvalue weighted by Crippen LogP contribution is -2.15. The van der Waals surface area contributed by atoms with Gasteiger partial charge in [0.25, 0.3) is 0 Å². The summed E-state index contributed by atoms with van der Waals surface area (Å²) in [6.45, 7) is 4.00. The summed E-state index contributed by atoms with van der Waals surface area (Å²) in [4.78, 5) is 5.15. The fourth-order valence-corrected chi connectivity index (χ4v) is 6.10. The summed E-state index contributed by atoms with van der Waals surface area (Å²) in [6, 6.07) is 13.2. The van der Waals surface area contributed by atoms with Crippen molar-refractivity contribution in [3.63, 3.8) is 0 Å². The van der Waals surface area contributed by atoms with Gasteiger partial charge in [0.2, 0.25) is 0 Å². The standard InChI is InChI=1S/C28H34N4OS.ClH/c1-31-25-12-15-34-27(25)16-26(31)28-30-24(22-5-2-6-22)18-32(28)14-3-4-20-7-9-23(10-8-20)33-19-21-11-13-29-17-21;/h7-10,12,15-16,18,21-22,29H,2-6,11,13-14,17,19H2,1H3;1H/t21-;/m0./s1. The van der Waals surface area contributed by atoms with Crippen LogP contribution in [0.3, 0.4) is 0 Å². The van der Waals surface area contributed by atoms with E-state index >= 15 is 0 Å². The zero-order valence-electron chi connectivity index (χ0n) is 20.4. The van der Waals surface area contributed by atoms with E-state index in [1.807, 2.05) is 11.3 Å². The van der Waals surface area contributed by atoms with Gasteiger partial charge in [0, 0.05) is 38.2 Å². The number of nitrogens with one attached hydrogen (secondary N) is 1. The van der Waals surface area contributed by atoms with E-state index in [1.165, 1.54) is 52.9 Å². The Kier molecular flexibility index (Phi) is 7.51. The Hall–Kier alpha value is -2.28. The molecule has 4 heterocycles. The first kappa shape index (κ1) is 24.4. The van der Waals surface area contributed by atoms with Crippen LogP contribution in [-0.4, -0.2) is 33.8 Å². The summed E-state index contributed by atoms with van der Waals surface area (Å²) in [5.74, 6) is 3.40. The Morgan fingerprint density at radius 2 is 2.00 bits per heavy atom. The largest absolute Gasteiger partial charge is 0.493 e. The maximum atomic E-state index is 6.00. The molecule has 5 nitrogen and oxygen atoms in total. The lowest BCUT2D eigenvalue weighted by Gasteiger charge is -2.22. The molecule has 1 aliphatic carbocycles. The first-order chi connectivity index (χ1) is 16.7. The molecule has 1 aromatic carbocycles. The number of rotatable bonds is 9. The zero-order chi connectivity index (χ0) is 22.9. The molecule has 0 spiro atoms. The van der Waals surface area contributed by atoms with E-state index in [0.29, 0.717) is 11.8 Å². The van der Waals surface area contributed by atoms with E-state index in [4.69, 9.17) is 9.72 Å². The number of nitrogens with zero attached hydrogens (tertiary/aromatic N) is 3. The molecular formula is C28H35ClN4OS. The molecule has 0 unspecified atom stereocenters. The minimum Gasteiger partial charge on any atom is -0.493 e. The highest BCUT2D eigenvalue weighted by Crippen LogP contribution is 2.38. The molecule has 6 rings (SSSR count). The van der Waals surface area contributed by atoms with Crippen molar-refractivity contribution in [3.05, 3.63) is 59.2 Å². The van der Waals surface area contributed by atoms with E-state index in [2.05, 4.69) is 69.5 Å². The molecular weight excluding hydrogens is 476 g/mol. The molecule has 1 atom stereocenters. The SMILES string of the molecule is Cl.Cn1c(-c2nc(C3CCC3)cn2CCCc2ccc(OC[C@H]3CCNC3)cc2)cc2sccc21. The van der Waals surface area contributed by atoms with Crippen LogP contribution in [0.25, 0.3) is 21.7 Å². The maximum Gasteiger partial charge on any atom is 0.157 e. The van der Waals surface area contributed by atoms with Crippen LogP contribution in [0.4, 0.5) is 0 Å². The fourth-order valence-electron chi connectivity index (χ4n) is 5.25. The summed E-state index contributed by atoms with van der Waals surface area (Å²) in [5, 5.41) is 5.57. The Bertz CT molecular complexity index is 1250. The smallest absolute Gasteiger partial charge is 0.157 e. The number of hydrogen-bond donors (Lipinski definition) is 1. The third-order valence-corrected chi connectivity index (χ3v) is 8.50. The Balaban J connectivity index is 0.00000253. The predicted octanol–water partition coefficient (Wildman–Crippen LogP) is 6.41. The Morgan fingerprint density at radius 3 is 2.71 bits per heavy atom. The number of aromatic nitrogens is 3. The van der Waals surface area contributed by atoms with Gasteiger partial charge in [-0.15, -0.1) is 23.7 Å². The number of halogens is 1. The molecule has 0 amide bonds. The summed E-state index contributed by atoms with van der Waals surface area (Å²) in [7, 11) is 2.17. The summed E-state index contributed by atoms with van der Waals surface area (Å²) in [6.07, 6.45) is 9.61. The number of benzene rings is 1. The van der Waals surface area contributed by atoms with Crippen LogP contribution in [0.15, 0.2) is 48.0 Å². The van der Waals surface area contributed by atoms with Gasteiger partial charge in [-0.25, -0.2) is 4.98 Å². The van der Waals surface area contributed by atoms with Crippen molar-refractivity contribution in [2.45, 2.75) is 51.0 Å². The van der Waals surface area contributed by atoms with Crippen molar-refractivity contribution in [1.29, 1.82) is 0 Å². The van der Waals surface area contributed by atoms with E-state index in [1.54, 1.807) is 0 Å². The first-order valence-electron chi connectivity index (χ1n) is 12.8. The van der Waals surface area contributed by atoms with E-state index in [-0.39, 0.29) is 12.4 Å². The van der Waals surface area contributed by atoms with Crippen LogP contribution in [0.2, 0.25) is 0 Å². The normalized spacial score (nSPS) is 18.0. The molecule has 35 heavy (non-hydrogen) atoms. The van der Waals surface area contributed by atoms with Crippen molar-refractivity contribution < 1.29 is 4.74 Å². The Labute approximate surface area is 217 Å². The molecule has 0 bridgehead atoms. The molecule has 2 fully saturated rings. The van der Waals surface area contributed by atoms with Crippen LogP contribution < -0.4 is 10.1 Å². The average molecular weight is 511 g/mol. The van der Waals surface area contributed by atoms with Crippen LogP contribution in [0.5, 0.6) is 5.75 Å². The second-order valence-corrected chi connectivity index (χ2v) is 10.9. The van der Waals surface area contributed by atoms with Crippen LogP contribution >= 0.6 is 23.7 Å². The number of ether oxygens (including phenoxy) is 1. The highest BCUT2D eigenvalue weighted by molar-refractivity contribution is 7.17. The number of thiophene rings is 1. The summed E-state index contributed by atoms with van der Waals surface area (Å²) >= 11 is 1.81. The van der Waals surface area contributed by atoms with Crippen molar-refractivity contribution in [3.8, 4) is 17.3 Å². The maximum absolute atomic E-state index is 6.00. The molecule has 3 aromatic heterocycles. The molecule has 1 saturated heterocycles. The molecule has 7 heteroatoms. The third-order valence-electron chi connectivity index (χ3n) is 7.65. The molecule has 1 saturated carbocycles. The summed E-state index contributed by atoms with van der Waals surface area (Å²) < 4.78 is 12.0. The predicted molar refractivity (Wildman–Crippen MR) is 147 cm³/mol. The second kappa shape index (κ2) is 10.8. The number of imidazole rings is 1. The monoisotopic (exact) mass is 510 g/mol. The highest BCUT2D eigenvalue weighted by atomic mass is 35.5. The Morgan fingerprint density at radius 1 is 1.14 bits per heavy atom. The average Bonchev–Trinajstić information content (AvgIpc) is 3.59. The highest BCUT2D eigenvalue weighted by Gasteiger charge is 2.25. The van der Waals surface area contributed by atoms with Gasteiger partial charge in [-0.3, -0.25) is 0 Å². The second-order valence-electron chi connectivity index (χ2n) is 9.99. The van der Waals surface area contributed by atoms with E-state index < -0.39 is 0 Å². The molecule has 0 radical (unpaired) electrons. The van der Waals surface area contributed by atoms with Crippen molar-refractivity contribution in [2.75, 3.05) is 19.7 Å². The molecule has 1 N–H and O–H groups in total.